The second kappa shape index (κ2) is 12.1. The van der Waals surface area contributed by atoms with Gasteiger partial charge in [0, 0.05) is 16.7 Å². The minimum Gasteiger partial charge on any atom is -0.436 e. The van der Waals surface area contributed by atoms with Gasteiger partial charge in [0.15, 0.2) is 11.2 Å². The van der Waals surface area contributed by atoms with Crippen molar-refractivity contribution in [1.29, 1.82) is 0 Å². The molecule has 2 heterocycles. The molecule has 2 aromatic heterocycles. The van der Waals surface area contributed by atoms with Crippen molar-refractivity contribution in [3.63, 3.8) is 0 Å². The summed E-state index contributed by atoms with van der Waals surface area (Å²) >= 11 is 0. The van der Waals surface area contributed by atoms with E-state index in [1.165, 1.54) is 0 Å². The highest BCUT2D eigenvalue weighted by atomic mass is 16.4. The third-order valence-corrected chi connectivity index (χ3v) is 10.5. The van der Waals surface area contributed by atoms with E-state index in [2.05, 4.69) is 133 Å². The molecule has 0 saturated carbocycles. The first-order chi connectivity index (χ1) is 26.8. The van der Waals surface area contributed by atoms with Gasteiger partial charge in [0.05, 0.1) is 11.1 Å². The Balaban J connectivity index is 1.34. The quantitative estimate of drug-likeness (QED) is 0.174. The Labute approximate surface area is 311 Å². The van der Waals surface area contributed by atoms with Gasteiger partial charge in [-0.05, 0) is 86.5 Å². The van der Waals surface area contributed by atoms with Crippen LogP contribution >= 0.6 is 0 Å². The Kier molecular flexibility index (Phi) is 6.82. The molecule has 4 nitrogen and oxygen atoms in total. The van der Waals surface area contributed by atoms with Gasteiger partial charge >= 0.3 is 0 Å². The molecule has 2 aliphatic rings. The molecule has 0 unspecified atom stereocenters. The van der Waals surface area contributed by atoms with E-state index in [0.717, 1.165) is 100 Å². The summed E-state index contributed by atoms with van der Waals surface area (Å²) in [5.74, 6) is 1.15. The summed E-state index contributed by atoms with van der Waals surface area (Å²) in [6.07, 6.45) is 0. The zero-order chi connectivity index (χ0) is 35.6. The van der Waals surface area contributed by atoms with Crippen molar-refractivity contribution in [2.75, 3.05) is 0 Å². The standard InChI is InChI=1S/C50H30N2O2/c1-5-17-31(18-6-1)35-29-37-38(30-36(35)32-19-7-2-8-20-32)46(49-51-39-25-13-15-27-41(39)53-49)47-43(33-21-9-3-10-22-33)44(34-23-11-4-12-24-34)48(45(37)47)50-52-40-26-14-16-28-42(40)54-50/h1-30H. The predicted molar refractivity (Wildman–Crippen MR) is 218 cm³/mol. The average Bonchev–Trinajstić information content (AvgIpc) is 4.01. The number of allylic oxidation sites excluding steroid dienone is 5. The van der Waals surface area contributed by atoms with E-state index in [-0.39, 0.29) is 0 Å². The molecule has 0 aliphatic heterocycles. The molecular weight excluding hydrogens is 661 g/mol. The molecular formula is C50H30N2O2. The molecule has 0 radical (unpaired) electrons. The second-order valence-electron chi connectivity index (χ2n) is 13.6. The lowest BCUT2D eigenvalue weighted by atomic mass is 9.87. The summed E-state index contributed by atoms with van der Waals surface area (Å²) < 4.78 is 13.5. The van der Waals surface area contributed by atoms with Crippen LogP contribution in [0.25, 0.3) is 72.3 Å². The molecule has 54 heavy (non-hydrogen) atoms. The van der Waals surface area contributed by atoms with E-state index in [0.29, 0.717) is 11.8 Å². The molecule has 0 fully saturated rings. The Morgan fingerprint density at radius 3 is 1.11 bits per heavy atom. The maximum atomic E-state index is 6.74. The number of aromatic nitrogens is 2. The first kappa shape index (κ1) is 30.3. The summed E-state index contributed by atoms with van der Waals surface area (Å²) in [6.45, 7) is 0. The summed E-state index contributed by atoms with van der Waals surface area (Å²) in [7, 11) is 0. The Morgan fingerprint density at radius 1 is 0.278 bits per heavy atom. The van der Waals surface area contributed by atoms with E-state index in [9.17, 15) is 0 Å². The molecule has 9 aromatic rings. The zero-order valence-electron chi connectivity index (χ0n) is 29.0. The van der Waals surface area contributed by atoms with Crippen molar-refractivity contribution < 1.29 is 8.83 Å². The summed E-state index contributed by atoms with van der Waals surface area (Å²) in [6, 6.07) is 63.2. The van der Waals surface area contributed by atoms with Crippen molar-refractivity contribution in [1.82, 2.24) is 9.97 Å². The molecule has 7 aromatic carbocycles. The molecule has 252 valence electrons. The summed E-state index contributed by atoms with van der Waals surface area (Å²) in [5, 5.41) is 0. The number of rotatable bonds is 6. The van der Waals surface area contributed by atoms with Gasteiger partial charge in [-0.1, -0.05) is 146 Å². The highest BCUT2D eigenvalue weighted by Gasteiger charge is 2.43. The fourth-order valence-electron chi connectivity index (χ4n) is 8.19. The van der Waals surface area contributed by atoms with Crippen LogP contribution in [0, 0.1) is 0 Å². The van der Waals surface area contributed by atoms with Gasteiger partial charge in [-0.2, -0.15) is 0 Å². The SMILES string of the molecule is c1ccc(C2=C(c3ccccc3)C(c3nc4ccccc4o3)=C3C2=C(c2nc4ccccc4o2)c2cc(-c4ccccc4)c(-c4ccccc4)cc23)cc1. The second-order valence-corrected chi connectivity index (χ2v) is 13.6. The fraction of sp³-hybridized carbons (Fsp3) is 0. The lowest BCUT2D eigenvalue weighted by molar-refractivity contribution is 0.585. The lowest BCUT2D eigenvalue weighted by Crippen LogP contribution is -1.97. The predicted octanol–water partition coefficient (Wildman–Crippen LogP) is 12.7. The summed E-state index contributed by atoms with van der Waals surface area (Å²) in [4.78, 5) is 10.4. The van der Waals surface area contributed by atoms with Crippen LogP contribution in [0.4, 0.5) is 0 Å². The molecule has 0 atom stereocenters. The van der Waals surface area contributed by atoms with Gasteiger partial charge in [0.25, 0.3) is 0 Å². The van der Waals surface area contributed by atoms with Crippen molar-refractivity contribution >= 4 is 50.1 Å². The smallest absolute Gasteiger partial charge is 0.228 e. The normalized spacial score (nSPS) is 13.7. The van der Waals surface area contributed by atoms with E-state index < -0.39 is 0 Å². The zero-order valence-corrected chi connectivity index (χ0v) is 29.0. The van der Waals surface area contributed by atoms with Gasteiger partial charge in [0.2, 0.25) is 11.8 Å². The number of benzene rings is 7. The summed E-state index contributed by atoms with van der Waals surface area (Å²) in [5.41, 5.74) is 18.1. The van der Waals surface area contributed by atoms with Gasteiger partial charge in [0.1, 0.15) is 11.0 Å². The van der Waals surface area contributed by atoms with Crippen molar-refractivity contribution in [3.05, 3.63) is 222 Å². The average molecular weight is 691 g/mol. The Morgan fingerprint density at radius 2 is 0.648 bits per heavy atom. The van der Waals surface area contributed by atoms with Crippen molar-refractivity contribution in [2.45, 2.75) is 0 Å². The molecule has 0 spiro atoms. The van der Waals surface area contributed by atoms with Crippen LogP contribution in [-0.2, 0) is 0 Å². The van der Waals surface area contributed by atoms with E-state index >= 15 is 0 Å². The van der Waals surface area contributed by atoms with Gasteiger partial charge in [-0.3, -0.25) is 0 Å². The molecule has 2 aliphatic carbocycles. The Hall–Kier alpha value is -7.30. The maximum absolute atomic E-state index is 6.74. The van der Waals surface area contributed by atoms with Gasteiger partial charge in [-0.25, -0.2) is 9.97 Å². The monoisotopic (exact) mass is 690 g/mol. The third kappa shape index (κ3) is 4.70. The van der Waals surface area contributed by atoms with E-state index in [1.54, 1.807) is 0 Å². The molecule has 0 N–H and O–H groups in total. The van der Waals surface area contributed by atoms with Crippen LogP contribution in [0.5, 0.6) is 0 Å². The number of oxazole rings is 2. The Bertz CT molecular complexity index is 2940. The van der Waals surface area contributed by atoms with Gasteiger partial charge in [-0.15, -0.1) is 0 Å². The largest absolute Gasteiger partial charge is 0.436 e. The van der Waals surface area contributed by atoms with E-state index in [4.69, 9.17) is 18.8 Å². The molecule has 0 bridgehead atoms. The van der Waals surface area contributed by atoms with Crippen molar-refractivity contribution in [3.8, 4) is 22.3 Å². The number of hydrogen-bond donors (Lipinski definition) is 0. The van der Waals surface area contributed by atoms with Crippen molar-refractivity contribution in [2.24, 2.45) is 0 Å². The highest BCUT2D eigenvalue weighted by Crippen LogP contribution is 2.62. The van der Waals surface area contributed by atoms with Crippen LogP contribution in [-0.4, -0.2) is 9.97 Å². The highest BCUT2D eigenvalue weighted by molar-refractivity contribution is 6.39. The minimum atomic E-state index is 0.576. The number of hydrogen-bond acceptors (Lipinski definition) is 4. The topological polar surface area (TPSA) is 52.1 Å². The molecule has 0 amide bonds. The van der Waals surface area contributed by atoms with Crippen LogP contribution in [0.3, 0.4) is 0 Å². The number of fused-ring (bicyclic) bond motifs is 5. The minimum absolute atomic E-state index is 0.576. The van der Waals surface area contributed by atoms with Crippen LogP contribution in [0.15, 0.2) is 196 Å². The fourth-order valence-corrected chi connectivity index (χ4v) is 8.19. The van der Waals surface area contributed by atoms with Crippen LogP contribution in [0.2, 0.25) is 0 Å². The molecule has 4 heteroatoms. The van der Waals surface area contributed by atoms with Crippen LogP contribution < -0.4 is 0 Å². The number of para-hydroxylation sites is 4. The number of nitrogens with zero attached hydrogens (tertiary/aromatic N) is 2. The lowest BCUT2D eigenvalue weighted by Gasteiger charge is -2.17. The van der Waals surface area contributed by atoms with E-state index in [1.807, 2.05) is 48.5 Å². The molecule has 11 rings (SSSR count). The van der Waals surface area contributed by atoms with Crippen LogP contribution in [0.1, 0.15) is 34.0 Å². The molecule has 0 saturated heterocycles. The maximum Gasteiger partial charge on any atom is 0.228 e. The first-order valence-electron chi connectivity index (χ1n) is 18.2. The first-order valence-corrected chi connectivity index (χ1v) is 18.2. The third-order valence-electron chi connectivity index (χ3n) is 10.5. The van der Waals surface area contributed by atoms with Gasteiger partial charge < -0.3 is 8.83 Å².